The lowest BCUT2D eigenvalue weighted by molar-refractivity contribution is 0.0994. The second kappa shape index (κ2) is 9.98. The number of rotatable bonds is 10. The fourth-order valence-corrected chi connectivity index (χ4v) is 4.02. The molecule has 0 aliphatic carbocycles. The summed E-state index contributed by atoms with van der Waals surface area (Å²) in [7, 11) is 0. The van der Waals surface area contributed by atoms with E-state index >= 15 is 0 Å². The summed E-state index contributed by atoms with van der Waals surface area (Å²) < 4.78 is 6.06. The van der Waals surface area contributed by atoms with E-state index in [1.165, 1.54) is 23.1 Å². The molecule has 0 aliphatic heterocycles. The van der Waals surface area contributed by atoms with Gasteiger partial charge in [0.1, 0.15) is 0 Å². The number of benzene rings is 1. The van der Waals surface area contributed by atoms with Gasteiger partial charge in [0.2, 0.25) is 5.13 Å². The van der Waals surface area contributed by atoms with Crippen LogP contribution >= 0.6 is 34.7 Å². The van der Waals surface area contributed by atoms with Gasteiger partial charge in [-0.2, -0.15) is 0 Å². The molecule has 0 unspecified atom stereocenters. The average molecular weight is 386 g/mol. The molecule has 2 rings (SSSR count). The quantitative estimate of drug-likeness (QED) is 0.371. The summed E-state index contributed by atoms with van der Waals surface area (Å²) in [6.45, 7) is 6.11. The van der Waals surface area contributed by atoms with Crippen molar-refractivity contribution in [2.75, 3.05) is 25.1 Å². The number of halogens is 1. The van der Waals surface area contributed by atoms with E-state index in [2.05, 4.69) is 15.5 Å². The highest BCUT2D eigenvalue weighted by molar-refractivity contribution is 8.02. The van der Waals surface area contributed by atoms with Crippen LogP contribution in [0, 0.1) is 0 Å². The monoisotopic (exact) mass is 385 g/mol. The summed E-state index contributed by atoms with van der Waals surface area (Å²) >= 11 is 8.72. The molecule has 0 saturated heterocycles. The van der Waals surface area contributed by atoms with Crippen LogP contribution in [0.5, 0.6) is 0 Å². The van der Waals surface area contributed by atoms with Gasteiger partial charge in [0.05, 0.1) is 5.25 Å². The number of ketones is 1. The Labute approximate surface area is 155 Å². The minimum Gasteiger partial charge on any atom is -0.382 e. The molecule has 130 valence electrons. The molecule has 0 fully saturated rings. The average Bonchev–Trinajstić information content (AvgIpc) is 3.02. The smallest absolute Gasteiger partial charge is 0.206 e. The molecule has 0 aliphatic rings. The van der Waals surface area contributed by atoms with Gasteiger partial charge in [-0.1, -0.05) is 34.7 Å². The molecule has 1 N–H and O–H groups in total. The van der Waals surface area contributed by atoms with E-state index in [1.54, 1.807) is 24.3 Å². The lowest BCUT2D eigenvalue weighted by Crippen LogP contribution is -2.13. The van der Waals surface area contributed by atoms with E-state index in [9.17, 15) is 4.79 Å². The summed E-state index contributed by atoms with van der Waals surface area (Å²) in [5, 5.41) is 12.6. The molecule has 1 atom stereocenters. The highest BCUT2D eigenvalue weighted by Gasteiger charge is 2.18. The van der Waals surface area contributed by atoms with Gasteiger partial charge in [-0.15, -0.1) is 10.2 Å². The predicted octanol–water partition coefficient (Wildman–Crippen LogP) is 4.39. The number of thioether (sulfide) groups is 1. The van der Waals surface area contributed by atoms with Crippen LogP contribution in [0.2, 0.25) is 5.02 Å². The molecule has 1 aromatic heterocycles. The summed E-state index contributed by atoms with van der Waals surface area (Å²) in [4.78, 5) is 12.4. The van der Waals surface area contributed by atoms with E-state index in [-0.39, 0.29) is 11.0 Å². The van der Waals surface area contributed by atoms with Crippen LogP contribution in [-0.4, -0.2) is 41.0 Å². The van der Waals surface area contributed by atoms with Crippen molar-refractivity contribution in [3.63, 3.8) is 0 Å². The number of carbonyl (C=O) groups excluding carboxylic acids is 1. The maximum atomic E-state index is 12.4. The number of anilines is 1. The standard InChI is InChI=1S/C16H20ClN3O2S2/c1-3-22-10-4-9-18-15-19-20-16(24-15)23-11(2)14(21)12-5-7-13(17)8-6-12/h5-8,11H,3-4,9-10H2,1-2H3,(H,18,19)/t11-/m1/s1. The third-order valence-corrected chi connectivity index (χ3v) is 5.44. The van der Waals surface area contributed by atoms with Crippen LogP contribution in [0.4, 0.5) is 5.13 Å². The van der Waals surface area contributed by atoms with Crippen LogP contribution in [-0.2, 0) is 4.74 Å². The Balaban J connectivity index is 1.82. The SMILES string of the molecule is CCOCCCNc1nnc(S[C@H](C)C(=O)c2ccc(Cl)cc2)s1. The second-order valence-corrected chi connectivity index (χ2v) is 7.98. The van der Waals surface area contributed by atoms with Crippen LogP contribution in [0.25, 0.3) is 0 Å². The Bertz CT molecular complexity index is 649. The zero-order valence-corrected chi connectivity index (χ0v) is 16.0. The van der Waals surface area contributed by atoms with Gasteiger partial charge in [0.15, 0.2) is 10.1 Å². The molecule has 24 heavy (non-hydrogen) atoms. The van der Waals surface area contributed by atoms with Crippen LogP contribution in [0.3, 0.4) is 0 Å². The second-order valence-electron chi connectivity index (χ2n) is 4.98. The van der Waals surface area contributed by atoms with Crippen molar-refractivity contribution < 1.29 is 9.53 Å². The molecule has 0 spiro atoms. The van der Waals surface area contributed by atoms with Crippen LogP contribution in [0.15, 0.2) is 28.6 Å². The first kappa shape index (κ1) is 19.2. The van der Waals surface area contributed by atoms with Crippen molar-refractivity contribution in [2.45, 2.75) is 29.9 Å². The summed E-state index contributed by atoms with van der Waals surface area (Å²) in [6.07, 6.45) is 0.918. The van der Waals surface area contributed by atoms with Gasteiger partial charge >= 0.3 is 0 Å². The summed E-state index contributed by atoms with van der Waals surface area (Å²) in [5.74, 6) is 0.0538. The molecule has 0 amide bonds. The number of Topliss-reactive ketones (excluding diaryl/α,β-unsaturated/α-hetero) is 1. The summed E-state index contributed by atoms with van der Waals surface area (Å²) in [6, 6.07) is 6.93. The topological polar surface area (TPSA) is 64.1 Å². The van der Waals surface area contributed by atoms with Gasteiger partial charge in [0, 0.05) is 30.3 Å². The van der Waals surface area contributed by atoms with Gasteiger partial charge in [-0.05, 0) is 44.5 Å². The Morgan fingerprint density at radius 2 is 2.12 bits per heavy atom. The van der Waals surface area contributed by atoms with E-state index in [4.69, 9.17) is 16.3 Å². The zero-order chi connectivity index (χ0) is 17.4. The number of aromatic nitrogens is 2. The molecule has 1 heterocycles. The van der Waals surface area contributed by atoms with Gasteiger partial charge < -0.3 is 10.1 Å². The fourth-order valence-electron chi connectivity index (χ4n) is 1.90. The zero-order valence-electron chi connectivity index (χ0n) is 13.6. The number of nitrogens with one attached hydrogen (secondary N) is 1. The Morgan fingerprint density at radius 1 is 1.38 bits per heavy atom. The van der Waals surface area contributed by atoms with E-state index < -0.39 is 0 Å². The van der Waals surface area contributed by atoms with Crippen molar-refractivity contribution in [3.8, 4) is 0 Å². The Hall–Kier alpha value is -1.15. The fraction of sp³-hybridized carbons (Fsp3) is 0.438. The van der Waals surface area contributed by atoms with E-state index in [1.807, 2.05) is 13.8 Å². The largest absolute Gasteiger partial charge is 0.382 e. The van der Waals surface area contributed by atoms with E-state index in [0.717, 1.165) is 35.7 Å². The molecule has 1 aromatic carbocycles. The number of carbonyl (C=O) groups is 1. The Kier molecular flexibility index (Phi) is 7.98. The number of ether oxygens (including phenoxy) is 1. The van der Waals surface area contributed by atoms with Crippen LogP contribution in [0.1, 0.15) is 30.6 Å². The van der Waals surface area contributed by atoms with Crippen molar-refractivity contribution >= 4 is 45.6 Å². The number of hydrogen-bond donors (Lipinski definition) is 1. The number of nitrogens with zero attached hydrogens (tertiary/aromatic N) is 2. The van der Waals surface area contributed by atoms with Crippen molar-refractivity contribution in [3.05, 3.63) is 34.9 Å². The van der Waals surface area contributed by atoms with Crippen molar-refractivity contribution in [1.82, 2.24) is 10.2 Å². The van der Waals surface area contributed by atoms with E-state index in [0.29, 0.717) is 10.6 Å². The van der Waals surface area contributed by atoms with Gasteiger partial charge in [-0.3, -0.25) is 4.79 Å². The van der Waals surface area contributed by atoms with Crippen molar-refractivity contribution in [2.24, 2.45) is 0 Å². The summed E-state index contributed by atoms with van der Waals surface area (Å²) in [5.41, 5.74) is 0.651. The van der Waals surface area contributed by atoms with Crippen molar-refractivity contribution in [1.29, 1.82) is 0 Å². The van der Waals surface area contributed by atoms with Crippen LogP contribution < -0.4 is 5.32 Å². The first-order valence-electron chi connectivity index (χ1n) is 7.71. The maximum Gasteiger partial charge on any atom is 0.206 e. The normalized spacial score (nSPS) is 12.1. The highest BCUT2D eigenvalue weighted by atomic mass is 35.5. The molecule has 5 nitrogen and oxygen atoms in total. The lowest BCUT2D eigenvalue weighted by Gasteiger charge is -2.07. The molecule has 0 radical (unpaired) electrons. The van der Waals surface area contributed by atoms with Gasteiger partial charge in [-0.25, -0.2) is 0 Å². The minimum atomic E-state index is -0.232. The predicted molar refractivity (Wildman–Crippen MR) is 101 cm³/mol. The molecule has 2 aromatic rings. The van der Waals surface area contributed by atoms with Gasteiger partial charge in [0.25, 0.3) is 0 Å². The number of hydrogen-bond acceptors (Lipinski definition) is 7. The first-order chi connectivity index (χ1) is 11.6. The molecular formula is C16H20ClN3O2S2. The molecule has 0 saturated carbocycles. The lowest BCUT2D eigenvalue weighted by atomic mass is 10.1. The molecule has 0 bridgehead atoms. The molecule has 8 heteroatoms. The third-order valence-electron chi connectivity index (χ3n) is 3.13. The first-order valence-corrected chi connectivity index (χ1v) is 9.79. The minimum absolute atomic E-state index is 0.0538. The maximum absolute atomic E-state index is 12.4. The Morgan fingerprint density at radius 3 is 2.83 bits per heavy atom. The molecular weight excluding hydrogens is 366 g/mol. The third kappa shape index (κ3) is 6.05. The highest BCUT2D eigenvalue weighted by Crippen LogP contribution is 2.30.